The van der Waals surface area contributed by atoms with Gasteiger partial charge >= 0.3 is 12.0 Å². The second-order valence-corrected chi connectivity index (χ2v) is 6.99. The molecule has 3 rings (SSSR count). The summed E-state index contributed by atoms with van der Waals surface area (Å²) < 4.78 is 4.74. The van der Waals surface area contributed by atoms with Gasteiger partial charge in [0.05, 0.1) is 13.0 Å². The average Bonchev–Trinajstić information content (AvgIpc) is 2.92. The largest absolute Gasteiger partial charge is 0.469 e. The highest BCUT2D eigenvalue weighted by atomic mass is 16.5. The standard InChI is InChI=1S/C19H23N3O5/c1-19(14-6-4-3-5-7-14)17(25)22(18(26)20-19)12-15(23)21-10-8-13(9-11-21)16(24)27-2/h3-7,13H,8-12H2,1-2H3,(H,20,26). The van der Waals surface area contributed by atoms with Crippen LogP contribution in [0.25, 0.3) is 0 Å². The summed E-state index contributed by atoms with van der Waals surface area (Å²) in [6.45, 7) is 2.13. The predicted octanol–water partition coefficient (Wildman–Crippen LogP) is 0.865. The number of likely N-dealkylation sites (tertiary alicyclic amines) is 1. The van der Waals surface area contributed by atoms with Crippen molar-refractivity contribution < 1.29 is 23.9 Å². The Balaban J connectivity index is 1.64. The molecule has 1 aromatic rings. The van der Waals surface area contributed by atoms with E-state index in [9.17, 15) is 19.2 Å². The highest BCUT2D eigenvalue weighted by Crippen LogP contribution is 2.28. The molecule has 144 valence electrons. The number of ether oxygens (including phenoxy) is 1. The summed E-state index contributed by atoms with van der Waals surface area (Å²) in [6.07, 6.45) is 1.03. The van der Waals surface area contributed by atoms with Crippen LogP contribution in [0, 0.1) is 5.92 Å². The van der Waals surface area contributed by atoms with Crippen molar-refractivity contribution in [3.05, 3.63) is 35.9 Å². The van der Waals surface area contributed by atoms with Gasteiger partial charge in [-0.2, -0.15) is 0 Å². The van der Waals surface area contributed by atoms with E-state index >= 15 is 0 Å². The van der Waals surface area contributed by atoms with Gasteiger partial charge in [-0.15, -0.1) is 0 Å². The number of carbonyl (C=O) groups excluding carboxylic acids is 4. The summed E-state index contributed by atoms with van der Waals surface area (Å²) in [6, 6.07) is 8.36. The lowest BCUT2D eigenvalue weighted by atomic mass is 9.92. The first-order valence-electron chi connectivity index (χ1n) is 8.92. The van der Waals surface area contributed by atoms with E-state index in [1.54, 1.807) is 36.1 Å². The Hall–Kier alpha value is -2.90. The van der Waals surface area contributed by atoms with Crippen molar-refractivity contribution in [3.8, 4) is 0 Å². The van der Waals surface area contributed by atoms with Gasteiger partial charge in [-0.25, -0.2) is 4.79 Å². The van der Waals surface area contributed by atoms with Gasteiger partial charge in [0.25, 0.3) is 5.91 Å². The fourth-order valence-corrected chi connectivity index (χ4v) is 3.57. The molecule has 0 bridgehead atoms. The van der Waals surface area contributed by atoms with Gasteiger partial charge in [-0.05, 0) is 25.3 Å². The lowest BCUT2D eigenvalue weighted by Gasteiger charge is -2.31. The van der Waals surface area contributed by atoms with E-state index in [4.69, 9.17) is 4.74 Å². The van der Waals surface area contributed by atoms with Gasteiger partial charge in [0, 0.05) is 13.1 Å². The van der Waals surface area contributed by atoms with Crippen LogP contribution in [0.2, 0.25) is 0 Å². The van der Waals surface area contributed by atoms with Gasteiger partial charge in [-0.3, -0.25) is 19.3 Å². The van der Waals surface area contributed by atoms with E-state index < -0.39 is 17.5 Å². The molecule has 1 unspecified atom stereocenters. The minimum Gasteiger partial charge on any atom is -0.469 e. The number of rotatable bonds is 4. The monoisotopic (exact) mass is 373 g/mol. The first-order chi connectivity index (χ1) is 12.9. The van der Waals surface area contributed by atoms with Crippen molar-refractivity contribution in [2.24, 2.45) is 5.92 Å². The van der Waals surface area contributed by atoms with E-state index in [1.807, 2.05) is 6.07 Å². The molecule has 1 N–H and O–H groups in total. The molecule has 1 atom stereocenters. The first-order valence-corrected chi connectivity index (χ1v) is 8.92. The van der Waals surface area contributed by atoms with Crippen LogP contribution < -0.4 is 5.32 Å². The zero-order valence-corrected chi connectivity index (χ0v) is 15.4. The number of hydrogen-bond donors (Lipinski definition) is 1. The van der Waals surface area contributed by atoms with E-state index in [2.05, 4.69) is 5.32 Å². The number of benzene rings is 1. The summed E-state index contributed by atoms with van der Waals surface area (Å²) >= 11 is 0. The summed E-state index contributed by atoms with van der Waals surface area (Å²) in [4.78, 5) is 51.9. The maximum Gasteiger partial charge on any atom is 0.325 e. The van der Waals surface area contributed by atoms with Gasteiger partial charge in [0.2, 0.25) is 5.91 Å². The molecule has 0 aliphatic carbocycles. The number of hydrogen-bond acceptors (Lipinski definition) is 5. The van der Waals surface area contributed by atoms with Crippen LogP contribution in [-0.4, -0.2) is 60.4 Å². The smallest absolute Gasteiger partial charge is 0.325 e. The molecule has 8 heteroatoms. The number of methoxy groups -OCH3 is 1. The van der Waals surface area contributed by atoms with E-state index in [0.717, 1.165) is 4.90 Å². The zero-order chi connectivity index (χ0) is 19.6. The fraction of sp³-hybridized carbons (Fsp3) is 0.474. The second kappa shape index (κ2) is 7.38. The Bertz CT molecular complexity index is 758. The maximum absolute atomic E-state index is 12.8. The third kappa shape index (κ3) is 3.51. The Morgan fingerprint density at radius 1 is 1.19 bits per heavy atom. The molecule has 8 nitrogen and oxygen atoms in total. The molecule has 2 aliphatic heterocycles. The van der Waals surface area contributed by atoms with Gasteiger partial charge in [-0.1, -0.05) is 30.3 Å². The highest BCUT2D eigenvalue weighted by molar-refractivity contribution is 6.09. The normalized spacial score (nSPS) is 23.3. The fourth-order valence-electron chi connectivity index (χ4n) is 3.57. The van der Waals surface area contributed by atoms with Crippen LogP contribution in [0.3, 0.4) is 0 Å². The molecule has 0 aromatic heterocycles. The van der Waals surface area contributed by atoms with Crippen LogP contribution in [0.1, 0.15) is 25.3 Å². The number of urea groups is 1. The van der Waals surface area contributed by atoms with E-state index in [0.29, 0.717) is 31.5 Å². The van der Waals surface area contributed by atoms with Crippen molar-refractivity contribution in [1.29, 1.82) is 0 Å². The van der Waals surface area contributed by atoms with Crippen molar-refractivity contribution in [1.82, 2.24) is 15.1 Å². The minimum absolute atomic E-state index is 0.211. The molecule has 0 spiro atoms. The van der Waals surface area contributed by atoms with Crippen LogP contribution in [0.15, 0.2) is 30.3 Å². The number of carbonyl (C=O) groups is 4. The quantitative estimate of drug-likeness (QED) is 0.624. The molecule has 4 amide bonds. The molecule has 0 radical (unpaired) electrons. The summed E-state index contributed by atoms with van der Waals surface area (Å²) in [5, 5.41) is 2.69. The predicted molar refractivity (Wildman–Crippen MR) is 95.4 cm³/mol. The van der Waals surface area contributed by atoms with Crippen LogP contribution in [0.5, 0.6) is 0 Å². The Morgan fingerprint density at radius 2 is 1.81 bits per heavy atom. The molecule has 2 fully saturated rings. The number of imide groups is 1. The molecule has 2 aliphatic rings. The third-order valence-corrected chi connectivity index (χ3v) is 5.30. The van der Waals surface area contributed by atoms with E-state index in [1.165, 1.54) is 7.11 Å². The zero-order valence-electron chi connectivity index (χ0n) is 15.4. The number of nitrogens with zero attached hydrogens (tertiary/aromatic N) is 2. The summed E-state index contributed by atoms with van der Waals surface area (Å²) in [5.74, 6) is -1.23. The molecule has 0 saturated carbocycles. The Kier molecular flexibility index (Phi) is 5.16. The Labute approximate surface area is 157 Å². The topological polar surface area (TPSA) is 96.0 Å². The molecular formula is C19H23N3O5. The SMILES string of the molecule is COC(=O)C1CCN(C(=O)CN2C(=O)NC(C)(c3ccccc3)C2=O)CC1. The molecule has 2 heterocycles. The van der Waals surface area contributed by atoms with Gasteiger partial charge < -0.3 is 15.0 Å². The highest BCUT2D eigenvalue weighted by Gasteiger charge is 2.49. The lowest BCUT2D eigenvalue weighted by Crippen LogP contribution is -2.47. The average molecular weight is 373 g/mol. The van der Waals surface area contributed by atoms with Crippen molar-refractivity contribution >= 4 is 23.8 Å². The minimum atomic E-state index is -1.18. The van der Waals surface area contributed by atoms with Crippen molar-refractivity contribution in [2.75, 3.05) is 26.7 Å². The number of amides is 4. The molecular weight excluding hydrogens is 350 g/mol. The summed E-state index contributed by atoms with van der Waals surface area (Å²) in [5.41, 5.74) is -0.520. The number of esters is 1. The summed E-state index contributed by atoms with van der Waals surface area (Å²) in [7, 11) is 1.35. The first kappa shape index (κ1) is 18.9. The second-order valence-electron chi connectivity index (χ2n) is 6.99. The van der Waals surface area contributed by atoms with Crippen LogP contribution in [0.4, 0.5) is 4.79 Å². The van der Waals surface area contributed by atoms with Crippen molar-refractivity contribution in [3.63, 3.8) is 0 Å². The van der Waals surface area contributed by atoms with Gasteiger partial charge in [0.1, 0.15) is 12.1 Å². The third-order valence-electron chi connectivity index (χ3n) is 5.30. The molecule has 2 saturated heterocycles. The molecule has 1 aromatic carbocycles. The van der Waals surface area contributed by atoms with E-state index in [-0.39, 0.29) is 24.3 Å². The number of piperidine rings is 1. The van der Waals surface area contributed by atoms with Gasteiger partial charge in [0.15, 0.2) is 0 Å². The number of nitrogens with one attached hydrogen (secondary N) is 1. The van der Waals surface area contributed by atoms with Crippen molar-refractivity contribution in [2.45, 2.75) is 25.3 Å². The van der Waals surface area contributed by atoms with Crippen LogP contribution >= 0.6 is 0 Å². The Morgan fingerprint density at radius 3 is 2.41 bits per heavy atom. The maximum atomic E-state index is 12.8. The molecule has 27 heavy (non-hydrogen) atoms. The lowest BCUT2D eigenvalue weighted by molar-refractivity contribution is -0.149. The van der Waals surface area contributed by atoms with Crippen LogP contribution in [-0.2, 0) is 24.7 Å².